The Morgan fingerprint density at radius 2 is 2.00 bits per heavy atom. The Bertz CT molecular complexity index is 318. The van der Waals surface area contributed by atoms with Crippen LogP contribution in [0.2, 0.25) is 0 Å². The van der Waals surface area contributed by atoms with E-state index in [9.17, 15) is 4.79 Å². The van der Waals surface area contributed by atoms with E-state index in [1.165, 1.54) is 0 Å². The third kappa shape index (κ3) is 2.89. The molecule has 1 unspecified atom stereocenters. The minimum atomic E-state index is -0.462. The first-order valence-corrected chi connectivity index (χ1v) is 6.26. The average molecular weight is 237 g/mol. The molecule has 5 heteroatoms. The first-order chi connectivity index (χ1) is 8.20. The SMILES string of the molecule is CC1CCN(C(=O)N2CCOC(C#N)C2)CC1. The molecule has 2 aliphatic heterocycles. The molecule has 0 aromatic carbocycles. The Balaban J connectivity index is 1.89. The van der Waals surface area contributed by atoms with E-state index in [2.05, 4.69) is 13.0 Å². The molecule has 0 bridgehead atoms. The second kappa shape index (κ2) is 5.37. The lowest BCUT2D eigenvalue weighted by Gasteiger charge is -2.37. The molecule has 2 saturated heterocycles. The number of morpholine rings is 1. The molecule has 5 nitrogen and oxygen atoms in total. The van der Waals surface area contributed by atoms with Crippen LogP contribution in [0.3, 0.4) is 0 Å². The lowest BCUT2D eigenvalue weighted by Crippen LogP contribution is -2.52. The molecule has 0 aliphatic carbocycles. The molecule has 0 aromatic heterocycles. The highest BCUT2D eigenvalue weighted by Crippen LogP contribution is 2.18. The monoisotopic (exact) mass is 237 g/mol. The first-order valence-electron chi connectivity index (χ1n) is 6.26. The van der Waals surface area contributed by atoms with Crippen LogP contribution >= 0.6 is 0 Å². The topological polar surface area (TPSA) is 56.6 Å². The minimum Gasteiger partial charge on any atom is -0.360 e. The summed E-state index contributed by atoms with van der Waals surface area (Å²) >= 11 is 0. The first kappa shape index (κ1) is 12.2. The lowest BCUT2D eigenvalue weighted by atomic mass is 9.99. The van der Waals surface area contributed by atoms with Crippen LogP contribution in [0.5, 0.6) is 0 Å². The van der Waals surface area contributed by atoms with Crippen LogP contribution in [0, 0.1) is 17.2 Å². The Morgan fingerprint density at radius 1 is 1.29 bits per heavy atom. The number of amides is 2. The number of urea groups is 1. The summed E-state index contributed by atoms with van der Waals surface area (Å²) in [6.45, 7) is 5.38. The molecule has 2 aliphatic rings. The van der Waals surface area contributed by atoms with Gasteiger partial charge in [0.25, 0.3) is 0 Å². The number of carbonyl (C=O) groups is 1. The highest BCUT2D eigenvalue weighted by molar-refractivity contribution is 5.74. The number of ether oxygens (including phenoxy) is 1. The second-order valence-corrected chi connectivity index (χ2v) is 4.89. The maximum absolute atomic E-state index is 12.2. The van der Waals surface area contributed by atoms with Crippen molar-refractivity contribution in [3.05, 3.63) is 0 Å². The maximum Gasteiger partial charge on any atom is 0.320 e. The zero-order chi connectivity index (χ0) is 12.3. The van der Waals surface area contributed by atoms with Gasteiger partial charge < -0.3 is 14.5 Å². The van der Waals surface area contributed by atoms with Gasteiger partial charge in [0, 0.05) is 19.6 Å². The zero-order valence-electron chi connectivity index (χ0n) is 10.3. The lowest BCUT2D eigenvalue weighted by molar-refractivity contribution is 0.00721. The van der Waals surface area contributed by atoms with Crippen molar-refractivity contribution in [2.24, 2.45) is 5.92 Å². The average Bonchev–Trinajstić information content (AvgIpc) is 2.39. The van der Waals surface area contributed by atoms with E-state index in [0.717, 1.165) is 31.8 Å². The molecule has 17 heavy (non-hydrogen) atoms. The maximum atomic E-state index is 12.2. The molecule has 0 saturated carbocycles. The summed E-state index contributed by atoms with van der Waals surface area (Å²) in [5.41, 5.74) is 0. The number of rotatable bonds is 0. The Hall–Kier alpha value is -1.28. The number of piperidine rings is 1. The van der Waals surface area contributed by atoms with E-state index in [-0.39, 0.29) is 6.03 Å². The third-order valence-electron chi connectivity index (χ3n) is 3.54. The van der Waals surface area contributed by atoms with Crippen molar-refractivity contribution < 1.29 is 9.53 Å². The largest absolute Gasteiger partial charge is 0.360 e. The summed E-state index contributed by atoms with van der Waals surface area (Å²) < 4.78 is 5.24. The Morgan fingerprint density at radius 3 is 2.65 bits per heavy atom. The van der Waals surface area contributed by atoms with Crippen molar-refractivity contribution in [1.29, 1.82) is 5.26 Å². The van der Waals surface area contributed by atoms with Crippen molar-refractivity contribution in [3.63, 3.8) is 0 Å². The fourth-order valence-corrected chi connectivity index (χ4v) is 2.30. The van der Waals surface area contributed by atoms with Crippen LogP contribution in [0.4, 0.5) is 4.79 Å². The van der Waals surface area contributed by atoms with Crippen LogP contribution in [-0.4, -0.2) is 54.7 Å². The molecular weight excluding hydrogens is 218 g/mol. The van der Waals surface area contributed by atoms with Gasteiger partial charge in [-0.15, -0.1) is 0 Å². The molecule has 0 aromatic rings. The van der Waals surface area contributed by atoms with Crippen LogP contribution < -0.4 is 0 Å². The van der Waals surface area contributed by atoms with Crippen molar-refractivity contribution in [2.45, 2.75) is 25.9 Å². The van der Waals surface area contributed by atoms with Gasteiger partial charge in [-0.25, -0.2) is 4.79 Å². The van der Waals surface area contributed by atoms with Crippen molar-refractivity contribution >= 4 is 6.03 Å². The number of carbonyl (C=O) groups excluding carboxylic acids is 1. The molecule has 94 valence electrons. The highest BCUT2D eigenvalue weighted by atomic mass is 16.5. The Kier molecular flexibility index (Phi) is 3.85. The zero-order valence-corrected chi connectivity index (χ0v) is 10.3. The number of likely N-dealkylation sites (tertiary alicyclic amines) is 1. The molecule has 0 N–H and O–H groups in total. The van der Waals surface area contributed by atoms with Crippen molar-refractivity contribution in [3.8, 4) is 6.07 Å². The Labute approximate surface area is 102 Å². The fourth-order valence-electron chi connectivity index (χ4n) is 2.30. The third-order valence-corrected chi connectivity index (χ3v) is 3.54. The van der Waals surface area contributed by atoms with Crippen LogP contribution in [-0.2, 0) is 4.74 Å². The number of hydrogen-bond acceptors (Lipinski definition) is 3. The molecule has 2 fully saturated rings. The predicted octanol–water partition coefficient (Wildman–Crippen LogP) is 1.06. The predicted molar refractivity (Wildman–Crippen MR) is 62.3 cm³/mol. The van der Waals surface area contributed by atoms with Gasteiger partial charge in [-0.3, -0.25) is 0 Å². The van der Waals surface area contributed by atoms with Gasteiger partial charge in [0.1, 0.15) is 0 Å². The molecule has 0 spiro atoms. The van der Waals surface area contributed by atoms with E-state index in [1.807, 2.05) is 4.90 Å². The van der Waals surface area contributed by atoms with E-state index in [1.54, 1.807) is 4.90 Å². The number of nitrogens with zero attached hydrogens (tertiary/aromatic N) is 3. The second-order valence-electron chi connectivity index (χ2n) is 4.89. The smallest absolute Gasteiger partial charge is 0.320 e. The molecule has 2 rings (SSSR count). The van der Waals surface area contributed by atoms with Crippen molar-refractivity contribution in [1.82, 2.24) is 9.80 Å². The van der Waals surface area contributed by atoms with Gasteiger partial charge in [-0.1, -0.05) is 6.92 Å². The fraction of sp³-hybridized carbons (Fsp3) is 0.833. The molecular formula is C12H19N3O2. The van der Waals surface area contributed by atoms with Gasteiger partial charge in [-0.05, 0) is 18.8 Å². The summed E-state index contributed by atoms with van der Waals surface area (Å²) in [6, 6.07) is 2.13. The van der Waals surface area contributed by atoms with Crippen LogP contribution in [0.15, 0.2) is 0 Å². The van der Waals surface area contributed by atoms with Gasteiger partial charge in [0.05, 0.1) is 19.2 Å². The molecule has 0 radical (unpaired) electrons. The minimum absolute atomic E-state index is 0.0699. The number of nitriles is 1. The summed E-state index contributed by atoms with van der Waals surface area (Å²) in [7, 11) is 0. The highest BCUT2D eigenvalue weighted by Gasteiger charge is 2.29. The van der Waals surface area contributed by atoms with E-state index >= 15 is 0 Å². The number of hydrogen-bond donors (Lipinski definition) is 0. The van der Waals surface area contributed by atoms with Crippen molar-refractivity contribution in [2.75, 3.05) is 32.8 Å². The standard InChI is InChI=1S/C12H19N3O2/c1-10-2-4-14(5-3-10)12(16)15-6-7-17-11(8-13)9-15/h10-11H,2-7,9H2,1H3. The van der Waals surface area contributed by atoms with Gasteiger partial charge in [-0.2, -0.15) is 5.26 Å². The summed E-state index contributed by atoms with van der Waals surface area (Å²) in [5, 5.41) is 8.81. The van der Waals surface area contributed by atoms with Crippen LogP contribution in [0.25, 0.3) is 0 Å². The molecule has 1 atom stereocenters. The summed E-state index contributed by atoms with van der Waals surface area (Å²) in [6.07, 6.45) is 1.70. The van der Waals surface area contributed by atoms with Gasteiger partial charge in [0.15, 0.2) is 6.10 Å². The normalized spacial score (nSPS) is 26.7. The van der Waals surface area contributed by atoms with E-state index < -0.39 is 6.10 Å². The van der Waals surface area contributed by atoms with Gasteiger partial charge in [0.2, 0.25) is 0 Å². The summed E-state index contributed by atoms with van der Waals surface area (Å²) in [4.78, 5) is 15.9. The van der Waals surface area contributed by atoms with E-state index in [0.29, 0.717) is 19.7 Å². The molecule has 2 heterocycles. The van der Waals surface area contributed by atoms with Gasteiger partial charge >= 0.3 is 6.03 Å². The van der Waals surface area contributed by atoms with Crippen LogP contribution in [0.1, 0.15) is 19.8 Å². The van der Waals surface area contributed by atoms with E-state index in [4.69, 9.17) is 10.00 Å². The molecule has 2 amide bonds. The summed E-state index contributed by atoms with van der Waals surface area (Å²) in [5.74, 6) is 0.718. The quantitative estimate of drug-likeness (QED) is 0.633.